The summed E-state index contributed by atoms with van der Waals surface area (Å²) < 4.78 is 0. The molecule has 3 nitrogen and oxygen atoms in total. The van der Waals surface area contributed by atoms with Crippen LogP contribution < -0.4 is 10.6 Å². The lowest BCUT2D eigenvalue weighted by Crippen LogP contribution is -2.59. The molecule has 86 valence electrons. The van der Waals surface area contributed by atoms with Gasteiger partial charge in [0.05, 0.1) is 0 Å². The molecule has 3 heteroatoms. The van der Waals surface area contributed by atoms with Crippen molar-refractivity contribution in [3.8, 4) is 0 Å². The van der Waals surface area contributed by atoms with Crippen LogP contribution in [0, 0.1) is 0 Å². The monoisotopic (exact) mass is 218 g/mol. The lowest BCUT2D eigenvalue weighted by Gasteiger charge is -2.34. The molecule has 1 amide bonds. The van der Waals surface area contributed by atoms with Crippen LogP contribution in [0.4, 0.5) is 0 Å². The third-order valence-electron chi connectivity index (χ3n) is 3.28. The number of carbonyl (C=O) groups is 1. The number of piperazine rings is 1. The summed E-state index contributed by atoms with van der Waals surface area (Å²) in [5, 5.41) is 6.19. The minimum atomic E-state index is -0.579. The normalized spacial score (nSPS) is 25.2. The van der Waals surface area contributed by atoms with Gasteiger partial charge in [-0.2, -0.15) is 0 Å². The van der Waals surface area contributed by atoms with E-state index in [1.54, 1.807) is 0 Å². The summed E-state index contributed by atoms with van der Waals surface area (Å²) in [4.78, 5) is 11.9. The van der Waals surface area contributed by atoms with Gasteiger partial charge in [0.1, 0.15) is 5.54 Å². The molecule has 2 N–H and O–H groups in total. The highest BCUT2D eigenvalue weighted by atomic mass is 16.2. The number of nitrogens with one attached hydrogen (secondary N) is 2. The van der Waals surface area contributed by atoms with Crippen LogP contribution in [-0.2, 0) is 16.8 Å². The third-order valence-corrected chi connectivity index (χ3v) is 3.28. The van der Waals surface area contributed by atoms with Crippen molar-refractivity contribution in [2.45, 2.75) is 25.8 Å². The molecule has 0 radical (unpaired) electrons. The van der Waals surface area contributed by atoms with Gasteiger partial charge in [0, 0.05) is 13.1 Å². The van der Waals surface area contributed by atoms with Crippen LogP contribution in [0.5, 0.6) is 0 Å². The van der Waals surface area contributed by atoms with Crippen molar-refractivity contribution in [2.75, 3.05) is 13.1 Å². The maximum atomic E-state index is 11.9. The summed E-state index contributed by atoms with van der Waals surface area (Å²) in [7, 11) is 0. The van der Waals surface area contributed by atoms with Crippen LogP contribution in [0.2, 0.25) is 0 Å². The van der Waals surface area contributed by atoms with E-state index in [1.807, 2.05) is 19.1 Å². The van der Waals surface area contributed by atoms with Crippen LogP contribution in [-0.4, -0.2) is 19.0 Å². The van der Waals surface area contributed by atoms with Gasteiger partial charge >= 0.3 is 0 Å². The zero-order valence-corrected chi connectivity index (χ0v) is 9.84. The molecule has 1 aliphatic rings. The number of rotatable bonds is 2. The molecular weight excluding hydrogens is 200 g/mol. The van der Waals surface area contributed by atoms with Crippen molar-refractivity contribution in [1.82, 2.24) is 10.6 Å². The molecule has 16 heavy (non-hydrogen) atoms. The zero-order chi connectivity index (χ0) is 11.6. The minimum absolute atomic E-state index is 0.0583. The summed E-state index contributed by atoms with van der Waals surface area (Å²) in [6.07, 6.45) is 1.02. The number of amides is 1. The Kier molecular flexibility index (Phi) is 2.97. The van der Waals surface area contributed by atoms with Gasteiger partial charge in [-0.1, -0.05) is 31.2 Å². The molecule has 1 unspecified atom stereocenters. The molecule has 0 aliphatic carbocycles. The molecule has 1 atom stereocenters. The molecular formula is C13H18N2O. The van der Waals surface area contributed by atoms with E-state index in [9.17, 15) is 4.79 Å². The van der Waals surface area contributed by atoms with Gasteiger partial charge in [0.25, 0.3) is 0 Å². The van der Waals surface area contributed by atoms with E-state index in [2.05, 4.69) is 29.7 Å². The Balaban J connectivity index is 2.30. The zero-order valence-electron chi connectivity index (χ0n) is 9.84. The fourth-order valence-corrected chi connectivity index (χ4v) is 2.05. The Morgan fingerprint density at radius 3 is 2.50 bits per heavy atom. The number of carbonyl (C=O) groups excluding carboxylic acids is 1. The first kappa shape index (κ1) is 11.1. The van der Waals surface area contributed by atoms with E-state index in [0.717, 1.165) is 18.5 Å². The lowest BCUT2D eigenvalue weighted by atomic mass is 9.89. The van der Waals surface area contributed by atoms with E-state index in [1.165, 1.54) is 5.56 Å². The second kappa shape index (κ2) is 4.26. The van der Waals surface area contributed by atoms with E-state index in [0.29, 0.717) is 6.54 Å². The first-order chi connectivity index (χ1) is 7.66. The molecule has 1 aliphatic heterocycles. The van der Waals surface area contributed by atoms with Crippen molar-refractivity contribution in [3.63, 3.8) is 0 Å². The lowest BCUT2D eigenvalue weighted by molar-refractivity contribution is -0.128. The van der Waals surface area contributed by atoms with Crippen molar-refractivity contribution in [3.05, 3.63) is 35.4 Å². The fraction of sp³-hybridized carbons (Fsp3) is 0.462. The van der Waals surface area contributed by atoms with Crippen molar-refractivity contribution < 1.29 is 4.79 Å². The fourth-order valence-electron chi connectivity index (χ4n) is 2.05. The summed E-state index contributed by atoms with van der Waals surface area (Å²) in [6.45, 7) is 5.59. The standard InChI is InChI=1S/C13H18N2O/c1-3-10-4-6-11(7-5-10)13(2)12(16)14-8-9-15-13/h4-7,15H,3,8-9H2,1-2H3,(H,14,16). The average Bonchev–Trinajstić information content (AvgIpc) is 2.33. The van der Waals surface area contributed by atoms with Crippen LogP contribution in [0.15, 0.2) is 24.3 Å². The number of hydrogen-bond acceptors (Lipinski definition) is 2. The highest BCUT2D eigenvalue weighted by molar-refractivity contribution is 5.88. The van der Waals surface area contributed by atoms with Gasteiger partial charge in [-0.15, -0.1) is 0 Å². The molecule has 0 bridgehead atoms. The molecule has 0 saturated carbocycles. The second-order valence-electron chi connectivity index (χ2n) is 4.36. The third kappa shape index (κ3) is 1.83. The highest BCUT2D eigenvalue weighted by Gasteiger charge is 2.36. The van der Waals surface area contributed by atoms with E-state index in [-0.39, 0.29) is 5.91 Å². The Hall–Kier alpha value is -1.35. The highest BCUT2D eigenvalue weighted by Crippen LogP contribution is 2.22. The molecule has 0 spiro atoms. The van der Waals surface area contributed by atoms with Gasteiger partial charge in [0.2, 0.25) is 5.91 Å². The molecule has 1 aromatic rings. The van der Waals surface area contributed by atoms with Crippen LogP contribution in [0.3, 0.4) is 0 Å². The van der Waals surface area contributed by atoms with Crippen LogP contribution in [0.25, 0.3) is 0 Å². The minimum Gasteiger partial charge on any atom is -0.353 e. The van der Waals surface area contributed by atoms with E-state index in [4.69, 9.17) is 0 Å². The Labute approximate surface area is 96.2 Å². The van der Waals surface area contributed by atoms with E-state index >= 15 is 0 Å². The summed E-state index contributed by atoms with van der Waals surface area (Å²) >= 11 is 0. The largest absolute Gasteiger partial charge is 0.353 e. The predicted octanol–water partition coefficient (Wildman–Crippen LogP) is 1.18. The van der Waals surface area contributed by atoms with Crippen LogP contribution in [0.1, 0.15) is 25.0 Å². The molecule has 1 fully saturated rings. The van der Waals surface area contributed by atoms with Gasteiger partial charge in [-0.05, 0) is 24.5 Å². The molecule has 0 aromatic heterocycles. The SMILES string of the molecule is CCc1ccc(C2(C)NCCNC2=O)cc1. The van der Waals surface area contributed by atoms with Crippen molar-refractivity contribution in [2.24, 2.45) is 0 Å². The van der Waals surface area contributed by atoms with Gasteiger partial charge < -0.3 is 5.32 Å². The second-order valence-corrected chi connectivity index (χ2v) is 4.36. The maximum Gasteiger partial charge on any atom is 0.244 e. The van der Waals surface area contributed by atoms with Crippen molar-refractivity contribution in [1.29, 1.82) is 0 Å². The smallest absolute Gasteiger partial charge is 0.244 e. The molecule has 2 rings (SSSR count). The van der Waals surface area contributed by atoms with Crippen molar-refractivity contribution >= 4 is 5.91 Å². The summed E-state index contributed by atoms with van der Waals surface area (Å²) in [5.41, 5.74) is 1.75. The number of hydrogen-bond donors (Lipinski definition) is 2. The van der Waals surface area contributed by atoms with Crippen LogP contribution >= 0.6 is 0 Å². The Morgan fingerprint density at radius 2 is 1.94 bits per heavy atom. The Morgan fingerprint density at radius 1 is 1.25 bits per heavy atom. The molecule has 1 heterocycles. The average molecular weight is 218 g/mol. The van der Waals surface area contributed by atoms with Gasteiger partial charge in [-0.3, -0.25) is 10.1 Å². The van der Waals surface area contributed by atoms with E-state index < -0.39 is 5.54 Å². The predicted molar refractivity (Wildman–Crippen MR) is 64.2 cm³/mol. The molecule has 1 saturated heterocycles. The summed E-state index contributed by atoms with van der Waals surface area (Å²) in [6, 6.07) is 8.25. The molecule has 1 aromatic carbocycles. The van der Waals surface area contributed by atoms with Gasteiger partial charge in [-0.25, -0.2) is 0 Å². The quantitative estimate of drug-likeness (QED) is 0.782. The maximum absolute atomic E-state index is 11.9. The first-order valence-electron chi connectivity index (χ1n) is 5.79. The number of aryl methyl sites for hydroxylation is 1. The van der Waals surface area contributed by atoms with Gasteiger partial charge in [0.15, 0.2) is 0 Å². The summed E-state index contributed by atoms with van der Waals surface area (Å²) in [5.74, 6) is 0.0583. The topological polar surface area (TPSA) is 41.1 Å². The Bertz CT molecular complexity index is 385. The number of benzene rings is 1. The first-order valence-corrected chi connectivity index (χ1v) is 5.79.